The van der Waals surface area contributed by atoms with Gasteiger partial charge in [0.05, 0.1) is 10.6 Å². The maximum Gasteiger partial charge on any atom is 0.257 e. The summed E-state index contributed by atoms with van der Waals surface area (Å²) >= 11 is 7.78. The van der Waals surface area contributed by atoms with Gasteiger partial charge in [0.1, 0.15) is 0 Å². The lowest BCUT2D eigenvalue weighted by molar-refractivity contribution is 0.102. The van der Waals surface area contributed by atoms with Crippen LogP contribution in [0.5, 0.6) is 0 Å². The van der Waals surface area contributed by atoms with Crippen LogP contribution in [0.15, 0.2) is 53.6 Å². The number of carbonyl (C=O) groups excluding carboxylic acids is 1. The number of fused-ring (bicyclic) bond motifs is 1. The first-order valence-corrected chi connectivity index (χ1v) is 9.96. The Morgan fingerprint density at radius 3 is 2.73 bits per heavy atom. The topological polar surface area (TPSA) is 37.3 Å². The SMILES string of the molecule is CSc1ccc(Cl)c(C(=O)Nc2ccc3c(ccn3CCN(C)C)c2)c1. The molecule has 0 aliphatic carbocycles. The fraction of sp³-hybridized carbons (Fsp3) is 0.250. The molecule has 0 saturated carbocycles. The smallest absolute Gasteiger partial charge is 0.257 e. The molecule has 0 radical (unpaired) electrons. The second kappa shape index (κ2) is 8.16. The molecule has 0 spiro atoms. The quantitative estimate of drug-likeness (QED) is 0.615. The summed E-state index contributed by atoms with van der Waals surface area (Å²) in [6.45, 7) is 1.91. The second-order valence-corrected chi connectivity index (χ2v) is 7.67. The van der Waals surface area contributed by atoms with Crippen LogP contribution < -0.4 is 5.32 Å². The molecule has 136 valence electrons. The number of anilines is 1. The van der Waals surface area contributed by atoms with Gasteiger partial charge in [-0.25, -0.2) is 0 Å². The van der Waals surface area contributed by atoms with E-state index in [-0.39, 0.29) is 5.91 Å². The minimum absolute atomic E-state index is 0.197. The number of hydrogen-bond donors (Lipinski definition) is 1. The number of nitrogens with zero attached hydrogens (tertiary/aromatic N) is 2. The van der Waals surface area contributed by atoms with E-state index in [4.69, 9.17) is 11.6 Å². The standard InChI is InChI=1S/C20H22ClN3OS/c1-23(2)10-11-24-9-8-14-12-15(4-7-19(14)24)22-20(25)17-13-16(26-3)5-6-18(17)21/h4-9,12-13H,10-11H2,1-3H3,(H,22,25). The second-order valence-electron chi connectivity index (χ2n) is 6.39. The Morgan fingerprint density at radius 2 is 2.00 bits per heavy atom. The van der Waals surface area contributed by atoms with E-state index >= 15 is 0 Å². The number of halogens is 1. The summed E-state index contributed by atoms with van der Waals surface area (Å²) in [7, 11) is 4.13. The van der Waals surface area contributed by atoms with Crippen molar-refractivity contribution in [2.45, 2.75) is 11.4 Å². The summed E-state index contributed by atoms with van der Waals surface area (Å²) in [4.78, 5) is 15.8. The van der Waals surface area contributed by atoms with Gasteiger partial charge in [-0.3, -0.25) is 4.79 Å². The largest absolute Gasteiger partial charge is 0.346 e. The van der Waals surface area contributed by atoms with E-state index in [0.717, 1.165) is 34.6 Å². The molecule has 4 nitrogen and oxygen atoms in total. The number of hydrogen-bond acceptors (Lipinski definition) is 3. The molecule has 0 aliphatic rings. The molecule has 3 rings (SSSR count). The molecule has 0 bridgehead atoms. The van der Waals surface area contributed by atoms with E-state index in [1.807, 2.05) is 36.6 Å². The van der Waals surface area contributed by atoms with Crippen molar-refractivity contribution in [3.05, 3.63) is 59.2 Å². The van der Waals surface area contributed by atoms with Crippen LogP contribution in [-0.2, 0) is 6.54 Å². The Bertz CT molecular complexity index is 936. The Morgan fingerprint density at radius 1 is 1.19 bits per heavy atom. The summed E-state index contributed by atoms with van der Waals surface area (Å²) in [5.41, 5.74) is 2.41. The van der Waals surface area contributed by atoms with Crippen molar-refractivity contribution >= 4 is 45.9 Å². The number of aromatic nitrogens is 1. The van der Waals surface area contributed by atoms with Crippen LogP contribution >= 0.6 is 23.4 Å². The van der Waals surface area contributed by atoms with Gasteiger partial charge >= 0.3 is 0 Å². The number of amides is 1. The van der Waals surface area contributed by atoms with Gasteiger partial charge in [-0.2, -0.15) is 0 Å². The zero-order valence-electron chi connectivity index (χ0n) is 15.1. The van der Waals surface area contributed by atoms with E-state index in [9.17, 15) is 4.79 Å². The fourth-order valence-corrected chi connectivity index (χ4v) is 3.43. The van der Waals surface area contributed by atoms with E-state index in [1.165, 1.54) is 0 Å². The first kappa shape index (κ1) is 18.8. The van der Waals surface area contributed by atoms with Crippen molar-refractivity contribution < 1.29 is 4.79 Å². The minimum Gasteiger partial charge on any atom is -0.346 e. The van der Waals surface area contributed by atoms with E-state index in [0.29, 0.717) is 10.6 Å². The predicted molar refractivity (Wildman–Crippen MR) is 112 cm³/mol. The van der Waals surface area contributed by atoms with Crippen molar-refractivity contribution in [1.29, 1.82) is 0 Å². The van der Waals surface area contributed by atoms with Crippen LogP contribution in [0.2, 0.25) is 5.02 Å². The van der Waals surface area contributed by atoms with Crippen LogP contribution in [0, 0.1) is 0 Å². The molecule has 0 aliphatic heterocycles. The van der Waals surface area contributed by atoms with Gasteiger partial charge in [-0.15, -0.1) is 11.8 Å². The number of nitrogens with one attached hydrogen (secondary N) is 1. The van der Waals surface area contributed by atoms with Gasteiger partial charge < -0.3 is 14.8 Å². The summed E-state index contributed by atoms with van der Waals surface area (Å²) < 4.78 is 2.22. The zero-order chi connectivity index (χ0) is 18.7. The molecule has 26 heavy (non-hydrogen) atoms. The van der Waals surface area contributed by atoms with Crippen molar-refractivity contribution in [1.82, 2.24) is 9.47 Å². The highest BCUT2D eigenvalue weighted by molar-refractivity contribution is 7.98. The number of thioether (sulfide) groups is 1. The lowest BCUT2D eigenvalue weighted by Crippen LogP contribution is -2.17. The minimum atomic E-state index is -0.197. The highest BCUT2D eigenvalue weighted by Gasteiger charge is 2.12. The Kier molecular flexibility index (Phi) is 5.91. The molecule has 0 saturated heterocycles. The van der Waals surface area contributed by atoms with Crippen molar-refractivity contribution in [3.8, 4) is 0 Å². The normalized spacial score (nSPS) is 11.3. The van der Waals surface area contributed by atoms with Gasteiger partial charge in [0, 0.05) is 40.8 Å². The molecular formula is C20H22ClN3OS. The van der Waals surface area contributed by atoms with Gasteiger partial charge in [0.25, 0.3) is 5.91 Å². The third-order valence-corrected chi connectivity index (χ3v) is 5.29. The van der Waals surface area contributed by atoms with Gasteiger partial charge in [-0.1, -0.05) is 11.6 Å². The summed E-state index contributed by atoms with van der Waals surface area (Å²) in [6, 6.07) is 13.5. The predicted octanol–water partition coefficient (Wildman–Crippen LogP) is 4.83. The molecular weight excluding hydrogens is 366 g/mol. The number of benzene rings is 2. The molecule has 1 amide bonds. The maximum absolute atomic E-state index is 12.6. The van der Waals surface area contributed by atoms with Crippen LogP contribution in [0.3, 0.4) is 0 Å². The van der Waals surface area contributed by atoms with Gasteiger partial charge in [-0.05, 0) is 62.8 Å². The van der Waals surface area contributed by atoms with Crippen molar-refractivity contribution in [3.63, 3.8) is 0 Å². The molecule has 1 aromatic heterocycles. The third-order valence-electron chi connectivity index (χ3n) is 4.24. The Labute approximate surface area is 163 Å². The van der Waals surface area contributed by atoms with Crippen molar-refractivity contribution in [2.24, 2.45) is 0 Å². The van der Waals surface area contributed by atoms with Gasteiger partial charge in [0.2, 0.25) is 0 Å². The average Bonchev–Trinajstić information content (AvgIpc) is 3.02. The summed E-state index contributed by atoms with van der Waals surface area (Å²) in [5, 5.41) is 4.51. The first-order valence-electron chi connectivity index (χ1n) is 8.36. The number of carbonyl (C=O) groups is 1. The van der Waals surface area contributed by atoms with Crippen LogP contribution in [0.4, 0.5) is 5.69 Å². The average molecular weight is 388 g/mol. The number of rotatable bonds is 6. The van der Waals surface area contributed by atoms with Crippen LogP contribution in [-0.4, -0.2) is 42.3 Å². The van der Waals surface area contributed by atoms with Crippen molar-refractivity contribution in [2.75, 3.05) is 32.2 Å². The van der Waals surface area contributed by atoms with E-state index in [1.54, 1.807) is 17.8 Å². The lowest BCUT2D eigenvalue weighted by atomic mass is 10.2. The maximum atomic E-state index is 12.6. The highest BCUT2D eigenvalue weighted by atomic mass is 35.5. The van der Waals surface area contributed by atoms with Gasteiger partial charge in [0.15, 0.2) is 0 Å². The van der Waals surface area contributed by atoms with E-state index in [2.05, 4.69) is 41.1 Å². The molecule has 0 fully saturated rings. The molecule has 0 atom stereocenters. The van der Waals surface area contributed by atoms with E-state index < -0.39 is 0 Å². The highest BCUT2D eigenvalue weighted by Crippen LogP contribution is 2.25. The lowest BCUT2D eigenvalue weighted by Gasteiger charge is -2.12. The Balaban J connectivity index is 1.80. The summed E-state index contributed by atoms with van der Waals surface area (Å²) in [6.07, 6.45) is 4.05. The summed E-state index contributed by atoms with van der Waals surface area (Å²) in [5.74, 6) is -0.197. The molecule has 2 aromatic carbocycles. The first-order chi connectivity index (χ1) is 12.5. The number of likely N-dealkylation sites (N-methyl/N-ethyl adjacent to an activating group) is 1. The fourth-order valence-electron chi connectivity index (χ4n) is 2.78. The van der Waals surface area contributed by atoms with Crippen LogP contribution in [0.1, 0.15) is 10.4 Å². The molecule has 6 heteroatoms. The molecule has 3 aromatic rings. The molecule has 1 heterocycles. The van der Waals surface area contributed by atoms with Crippen LogP contribution in [0.25, 0.3) is 10.9 Å². The third kappa shape index (κ3) is 4.23. The monoisotopic (exact) mass is 387 g/mol. The Hall–Kier alpha value is -1.95. The molecule has 0 unspecified atom stereocenters. The zero-order valence-corrected chi connectivity index (χ0v) is 16.7. The molecule has 1 N–H and O–H groups in total.